The van der Waals surface area contributed by atoms with Crippen LogP contribution >= 0.6 is 0 Å². The first kappa shape index (κ1) is 14.1. The summed E-state index contributed by atoms with van der Waals surface area (Å²) in [7, 11) is 0. The van der Waals surface area contributed by atoms with Gasteiger partial charge in [0.1, 0.15) is 0 Å². The highest BCUT2D eigenvalue weighted by Gasteiger charge is 2.28. The Kier molecular flexibility index (Phi) is 4.74. The number of aliphatic hydroxyl groups excluding tert-OH is 1. The lowest BCUT2D eigenvalue weighted by atomic mass is 9.86. The Morgan fingerprint density at radius 1 is 1.00 bits per heavy atom. The Hall–Kier alpha value is -0.860. The summed E-state index contributed by atoms with van der Waals surface area (Å²) < 4.78 is 0. The van der Waals surface area contributed by atoms with Crippen molar-refractivity contribution < 1.29 is 5.11 Å². The number of likely N-dealkylation sites (tertiary alicyclic amines) is 1. The summed E-state index contributed by atoms with van der Waals surface area (Å²) in [5, 5.41) is 9.83. The molecule has 2 heteroatoms. The molecule has 1 saturated carbocycles. The van der Waals surface area contributed by atoms with Crippen LogP contribution in [-0.2, 0) is 6.42 Å². The molecule has 1 heterocycles. The van der Waals surface area contributed by atoms with E-state index in [0.717, 1.165) is 18.8 Å². The van der Waals surface area contributed by atoms with Crippen LogP contribution in [0, 0.1) is 5.92 Å². The van der Waals surface area contributed by atoms with Gasteiger partial charge in [-0.1, -0.05) is 30.3 Å². The van der Waals surface area contributed by atoms with Gasteiger partial charge in [0.15, 0.2) is 0 Å². The van der Waals surface area contributed by atoms with Crippen molar-refractivity contribution in [3.05, 3.63) is 35.9 Å². The second-order valence-corrected chi connectivity index (χ2v) is 6.64. The van der Waals surface area contributed by atoms with Crippen LogP contribution in [0.15, 0.2) is 30.3 Å². The van der Waals surface area contributed by atoms with Crippen molar-refractivity contribution in [3.63, 3.8) is 0 Å². The second kappa shape index (κ2) is 6.73. The number of hydrogen-bond donors (Lipinski definition) is 1. The second-order valence-electron chi connectivity index (χ2n) is 6.64. The summed E-state index contributed by atoms with van der Waals surface area (Å²) in [6.07, 6.45) is 8.35. The minimum absolute atomic E-state index is 0.0456. The van der Waals surface area contributed by atoms with Gasteiger partial charge in [-0.05, 0) is 69.5 Å². The molecule has 0 spiro atoms. The van der Waals surface area contributed by atoms with Gasteiger partial charge in [-0.2, -0.15) is 0 Å². The highest BCUT2D eigenvalue weighted by atomic mass is 16.3. The minimum atomic E-state index is -0.0456. The van der Waals surface area contributed by atoms with E-state index in [9.17, 15) is 5.11 Å². The Bertz CT molecular complexity index is 397. The first-order valence-corrected chi connectivity index (χ1v) is 8.27. The van der Waals surface area contributed by atoms with Crippen molar-refractivity contribution in [1.29, 1.82) is 0 Å². The first-order chi connectivity index (χ1) is 9.81. The van der Waals surface area contributed by atoms with E-state index >= 15 is 0 Å². The predicted octanol–water partition coefficient (Wildman–Crippen LogP) is 3.24. The minimum Gasteiger partial charge on any atom is -0.393 e. The fourth-order valence-corrected chi connectivity index (χ4v) is 3.94. The summed E-state index contributed by atoms with van der Waals surface area (Å²) in [5.41, 5.74) is 1.49. The van der Waals surface area contributed by atoms with Gasteiger partial charge in [0.25, 0.3) is 0 Å². The van der Waals surface area contributed by atoms with Crippen molar-refractivity contribution in [3.8, 4) is 0 Å². The van der Waals surface area contributed by atoms with E-state index in [2.05, 4.69) is 35.2 Å². The van der Waals surface area contributed by atoms with Crippen molar-refractivity contribution in [2.45, 2.75) is 57.1 Å². The average Bonchev–Trinajstić information content (AvgIpc) is 2.49. The van der Waals surface area contributed by atoms with Crippen LogP contribution < -0.4 is 0 Å². The number of rotatable bonds is 3. The van der Waals surface area contributed by atoms with E-state index in [1.54, 1.807) is 0 Å². The van der Waals surface area contributed by atoms with Crippen LogP contribution in [0.4, 0.5) is 0 Å². The normalized spacial score (nSPS) is 29.4. The summed E-state index contributed by atoms with van der Waals surface area (Å²) in [5.74, 6) is 0.849. The third-order valence-electron chi connectivity index (χ3n) is 5.15. The zero-order valence-electron chi connectivity index (χ0n) is 12.4. The van der Waals surface area contributed by atoms with E-state index in [1.165, 1.54) is 50.8 Å². The molecule has 0 bridgehead atoms. The highest BCUT2D eigenvalue weighted by Crippen LogP contribution is 2.28. The average molecular weight is 273 g/mol. The Morgan fingerprint density at radius 3 is 2.45 bits per heavy atom. The van der Waals surface area contributed by atoms with Gasteiger partial charge < -0.3 is 10.0 Å². The van der Waals surface area contributed by atoms with E-state index < -0.39 is 0 Å². The van der Waals surface area contributed by atoms with Crippen LogP contribution in [0.5, 0.6) is 0 Å². The molecule has 0 amide bonds. The molecule has 1 aliphatic heterocycles. The maximum absolute atomic E-state index is 9.83. The lowest BCUT2D eigenvalue weighted by Crippen LogP contribution is -2.44. The molecule has 2 nitrogen and oxygen atoms in total. The molecule has 1 aromatic carbocycles. The molecule has 110 valence electrons. The fourth-order valence-electron chi connectivity index (χ4n) is 3.94. The Balaban J connectivity index is 1.47. The highest BCUT2D eigenvalue weighted by molar-refractivity contribution is 5.15. The SMILES string of the molecule is OC1CCCC(N2CCC(Cc3ccccc3)CC2)C1. The van der Waals surface area contributed by atoms with E-state index in [0.29, 0.717) is 6.04 Å². The molecule has 3 rings (SSSR count). The molecule has 20 heavy (non-hydrogen) atoms. The van der Waals surface area contributed by atoms with Crippen LogP contribution in [0.25, 0.3) is 0 Å². The van der Waals surface area contributed by atoms with Crippen LogP contribution in [0.2, 0.25) is 0 Å². The van der Waals surface area contributed by atoms with Gasteiger partial charge in [-0.3, -0.25) is 0 Å². The van der Waals surface area contributed by atoms with E-state index in [-0.39, 0.29) is 6.10 Å². The number of benzene rings is 1. The smallest absolute Gasteiger partial charge is 0.0555 e. The van der Waals surface area contributed by atoms with Crippen molar-refractivity contribution in [1.82, 2.24) is 4.90 Å². The molecule has 1 aromatic rings. The summed E-state index contributed by atoms with van der Waals surface area (Å²) >= 11 is 0. The monoisotopic (exact) mass is 273 g/mol. The third kappa shape index (κ3) is 3.62. The molecular weight excluding hydrogens is 246 g/mol. The van der Waals surface area contributed by atoms with Gasteiger partial charge >= 0.3 is 0 Å². The van der Waals surface area contributed by atoms with Gasteiger partial charge in [0.2, 0.25) is 0 Å². The summed E-state index contributed by atoms with van der Waals surface area (Å²) in [6, 6.07) is 11.5. The first-order valence-electron chi connectivity index (χ1n) is 8.27. The standard InChI is InChI=1S/C18H27NO/c20-18-8-4-7-17(14-18)19-11-9-16(10-12-19)13-15-5-2-1-3-6-15/h1-3,5-6,16-18,20H,4,7-14H2. The largest absolute Gasteiger partial charge is 0.393 e. The molecule has 2 fully saturated rings. The predicted molar refractivity (Wildman–Crippen MR) is 82.7 cm³/mol. The van der Waals surface area contributed by atoms with Gasteiger partial charge in [0, 0.05) is 6.04 Å². The molecule has 2 aliphatic rings. The number of hydrogen-bond acceptors (Lipinski definition) is 2. The quantitative estimate of drug-likeness (QED) is 0.914. The maximum Gasteiger partial charge on any atom is 0.0555 e. The molecule has 2 unspecified atom stereocenters. The van der Waals surface area contributed by atoms with E-state index in [1.807, 2.05) is 0 Å². The molecule has 2 atom stereocenters. The van der Waals surface area contributed by atoms with Crippen LogP contribution in [0.1, 0.15) is 44.1 Å². The topological polar surface area (TPSA) is 23.5 Å². The lowest BCUT2D eigenvalue weighted by Gasteiger charge is -2.40. The zero-order valence-corrected chi connectivity index (χ0v) is 12.4. The molecule has 0 radical (unpaired) electrons. The molecule has 1 N–H and O–H groups in total. The molecule has 1 aliphatic carbocycles. The molecular formula is C18H27NO. The Labute approximate surface area is 122 Å². The number of nitrogens with zero attached hydrogens (tertiary/aromatic N) is 1. The van der Waals surface area contributed by atoms with Crippen molar-refractivity contribution in [2.24, 2.45) is 5.92 Å². The summed E-state index contributed by atoms with van der Waals surface area (Å²) in [6.45, 7) is 2.46. The molecule has 0 aromatic heterocycles. The van der Waals surface area contributed by atoms with Crippen LogP contribution in [0.3, 0.4) is 0 Å². The van der Waals surface area contributed by atoms with Crippen molar-refractivity contribution >= 4 is 0 Å². The summed E-state index contributed by atoms with van der Waals surface area (Å²) in [4.78, 5) is 2.64. The van der Waals surface area contributed by atoms with Gasteiger partial charge in [0.05, 0.1) is 6.10 Å². The van der Waals surface area contributed by atoms with Gasteiger partial charge in [-0.25, -0.2) is 0 Å². The fraction of sp³-hybridized carbons (Fsp3) is 0.667. The lowest BCUT2D eigenvalue weighted by molar-refractivity contribution is 0.0445. The van der Waals surface area contributed by atoms with Crippen LogP contribution in [-0.4, -0.2) is 35.2 Å². The number of piperidine rings is 1. The zero-order chi connectivity index (χ0) is 13.8. The Morgan fingerprint density at radius 2 is 1.75 bits per heavy atom. The maximum atomic E-state index is 9.83. The van der Waals surface area contributed by atoms with Gasteiger partial charge in [-0.15, -0.1) is 0 Å². The third-order valence-corrected chi connectivity index (χ3v) is 5.15. The number of aliphatic hydroxyl groups is 1. The van der Waals surface area contributed by atoms with E-state index in [4.69, 9.17) is 0 Å². The van der Waals surface area contributed by atoms with Crippen molar-refractivity contribution in [2.75, 3.05) is 13.1 Å². The molecule has 1 saturated heterocycles.